The molecular weight excluding hydrogens is 376 g/mol. The maximum Gasteiger partial charge on any atom is 0.387 e. The smallest absolute Gasteiger partial charge is 0.387 e. The highest BCUT2D eigenvalue weighted by atomic mass is 19.3. The maximum atomic E-state index is 12.5. The zero-order valence-corrected chi connectivity index (χ0v) is 16.5. The van der Waals surface area contributed by atoms with Gasteiger partial charge in [-0.25, -0.2) is 0 Å². The Labute approximate surface area is 169 Å². The molecule has 3 rings (SSSR count). The molecule has 0 atom stereocenters. The van der Waals surface area contributed by atoms with E-state index in [0.717, 1.165) is 24.8 Å². The molecule has 1 aliphatic rings. The summed E-state index contributed by atoms with van der Waals surface area (Å²) < 4.78 is 28.7. The molecule has 0 aliphatic heterocycles. The van der Waals surface area contributed by atoms with Crippen molar-refractivity contribution in [1.29, 1.82) is 0 Å². The van der Waals surface area contributed by atoms with E-state index in [4.69, 9.17) is 0 Å². The predicted molar refractivity (Wildman–Crippen MR) is 106 cm³/mol. The molecule has 0 radical (unpaired) electrons. The third-order valence-corrected chi connectivity index (χ3v) is 5.23. The van der Waals surface area contributed by atoms with Crippen LogP contribution in [0, 0.1) is 0 Å². The lowest BCUT2D eigenvalue weighted by Gasteiger charge is -2.18. The monoisotopic (exact) mass is 401 g/mol. The highest BCUT2D eigenvalue weighted by Crippen LogP contribution is 2.23. The Kier molecular flexibility index (Phi) is 6.96. The highest BCUT2D eigenvalue weighted by molar-refractivity contribution is 5.98. The van der Waals surface area contributed by atoms with Gasteiger partial charge < -0.3 is 9.64 Å². The molecule has 0 aromatic heterocycles. The van der Waals surface area contributed by atoms with Crippen LogP contribution < -0.4 is 4.74 Å². The van der Waals surface area contributed by atoms with Crippen LogP contribution in [-0.2, 0) is 24.2 Å². The number of carbonyl (C=O) groups is 2. The van der Waals surface area contributed by atoms with Crippen molar-refractivity contribution >= 4 is 11.7 Å². The van der Waals surface area contributed by atoms with Gasteiger partial charge in [-0.3, -0.25) is 9.59 Å². The molecule has 6 heteroatoms. The second kappa shape index (κ2) is 9.63. The van der Waals surface area contributed by atoms with Crippen molar-refractivity contribution in [2.45, 2.75) is 51.7 Å². The van der Waals surface area contributed by atoms with Crippen LogP contribution in [0.5, 0.6) is 5.75 Å². The summed E-state index contributed by atoms with van der Waals surface area (Å²) in [4.78, 5) is 26.4. The molecule has 0 unspecified atom stereocenters. The van der Waals surface area contributed by atoms with Gasteiger partial charge in [0.1, 0.15) is 5.75 Å². The Morgan fingerprint density at radius 3 is 2.38 bits per heavy atom. The van der Waals surface area contributed by atoms with Gasteiger partial charge >= 0.3 is 6.61 Å². The van der Waals surface area contributed by atoms with Crippen LogP contribution in [0.4, 0.5) is 8.78 Å². The van der Waals surface area contributed by atoms with Crippen LogP contribution in [0.2, 0.25) is 0 Å². The normalized spacial score (nSPS) is 13.1. The number of Topliss-reactive ketones (excluding diaryl/α,β-unsaturated/α-hetero) is 1. The Hall–Kier alpha value is -2.76. The first-order valence-electron chi connectivity index (χ1n) is 9.85. The number of hydrogen-bond acceptors (Lipinski definition) is 3. The maximum absolute atomic E-state index is 12.5. The summed E-state index contributed by atoms with van der Waals surface area (Å²) >= 11 is 0. The van der Waals surface area contributed by atoms with E-state index in [1.165, 1.54) is 34.6 Å². The fourth-order valence-corrected chi connectivity index (χ4v) is 3.60. The second-order valence-electron chi connectivity index (χ2n) is 7.39. The topological polar surface area (TPSA) is 46.6 Å². The molecule has 0 N–H and O–H groups in total. The van der Waals surface area contributed by atoms with E-state index in [9.17, 15) is 18.4 Å². The Bertz CT molecular complexity index is 865. The number of hydrogen-bond donors (Lipinski definition) is 0. The van der Waals surface area contributed by atoms with E-state index in [1.807, 2.05) is 18.2 Å². The van der Waals surface area contributed by atoms with Gasteiger partial charge in [0, 0.05) is 32.0 Å². The summed E-state index contributed by atoms with van der Waals surface area (Å²) in [5.74, 6) is -0.0776. The molecule has 0 saturated heterocycles. The Morgan fingerprint density at radius 1 is 1.00 bits per heavy atom. The number of amides is 1. The average molecular weight is 401 g/mol. The quantitative estimate of drug-likeness (QED) is 0.598. The number of ether oxygens (including phenoxy) is 1. The molecule has 0 fully saturated rings. The predicted octanol–water partition coefficient (Wildman–Crippen LogP) is 4.79. The van der Waals surface area contributed by atoms with Crippen molar-refractivity contribution in [3.63, 3.8) is 0 Å². The molecule has 0 saturated carbocycles. The number of fused-ring (bicyclic) bond motifs is 1. The van der Waals surface area contributed by atoms with Gasteiger partial charge in [0.15, 0.2) is 5.78 Å². The lowest BCUT2D eigenvalue weighted by molar-refractivity contribution is -0.130. The third-order valence-electron chi connectivity index (χ3n) is 5.23. The van der Waals surface area contributed by atoms with Crippen LogP contribution in [0.15, 0.2) is 42.5 Å². The molecule has 0 bridgehead atoms. The first-order chi connectivity index (χ1) is 13.9. The number of carbonyl (C=O) groups excluding carboxylic acids is 2. The van der Waals surface area contributed by atoms with Crippen molar-refractivity contribution in [2.75, 3.05) is 7.05 Å². The first-order valence-corrected chi connectivity index (χ1v) is 9.85. The SMILES string of the molecule is CN(Cc1ccc(OC(F)F)cc1)C(=O)CCC(=O)c1ccc2c(c1)CCCC2. The van der Waals surface area contributed by atoms with E-state index in [1.54, 1.807) is 19.2 Å². The van der Waals surface area contributed by atoms with E-state index in [0.29, 0.717) is 12.1 Å². The molecule has 0 heterocycles. The van der Waals surface area contributed by atoms with E-state index in [-0.39, 0.29) is 30.3 Å². The fraction of sp³-hybridized carbons (Fsp3) is 0.391. The number of benzene rings is 2. The van der Waals surface area contributed by atoms with Crippen LogP contribution in [-0.4, -0.2) is 30.2 Å². The van der Waals surface area contributed by atoms with E-state index < -0.39 is 6.61 Å². The van der Waals surface area contributed by atoms with Crippen LogP contribution in [0.3, 0.4) is 0 Å². The lowest BCUT2D eigenvalue weighted by Crippen LogP contribution is -2.26. The van der Waals surface area contributed by atoms with Crippen molar-refractivity contribution in [3.05, 3.63) is 64.7 Å². The summed E-state index contributed by atoms with van der Waals surface area (Å²) in [5.41, 5.74) is 4.05. The molecule has 1 amide bonds. The lowest BCUT2D eigenvalue weighted by atomic mass is 9.89. The van der Waals surface area contributed by atoms with Gasteiger partial charge in [0.25, 0.3) is 0 Å². The summed E-state index contributed by atoms with van der Waals surface area (Å²) in [6.45, 7) is -2.53. The second-order valence-corrected chi connectivity index (χ2v) is 7.39. The van der Waals surface area contributed by atoms with Crippen molar-refractivity contribution in [3.8, 4) is 5.75 Å². The molecule has 154 valence electrons. The van der Waals surface area contributed by atoms with E-state index >= 15 is 0 Å². The van der Waals surface area contributed by atoms with Gasteiger partial charge in [0.05, 0.1) is 0 Å². The highest BCUT2D eigenvalue weighted by Gasteiger charge is 2.16. The van der Waals surface area contributed by atoms with E-state index in [2.05, 4.69) is 4.74 Å². The molecule has 2 aromatic carbocycles. The first kappa shape index (κ1) is 21.0. The van der Waals surface area contributed by atoms with Crippen LogP contribution >= 0.6 is 0 Å². The standard InChI is InChI=1S/C23H25F2NO3/c1-26(15-16-6-10-20(11-7-16)29-23(24)25)22(28)13-12-21(27)19-9-8-17-4-2-3-5-18(17)14-19/h6-11,14,23H,2-5,12-13,15H2,1H3. The Morgan fingerprint density at radius 2 is 1.69 bits per heavy atom. The average Bonchev–Trinajstić information content (AvgIpc) is 2.72. The molecule has 4 nitrogen and oxygen atoms in total. The number of rotatable bonds is 8. The number of halogens is 2. The minimum absolute atomic E-state index is 0.0198. The molecule has 2 aromatic rings. The van der Waals surface area contributed by atoms with Crippen LogP contribution in [0.1, 0.15) is 52.7 Å². The number of alkyl halides is 2. The zero-order chi connectivity index (χ0) is 20.8. The largest absolute Gasteiger partial charge is 0.435 e. The summed E-state index contributed by atoms with van der Waals surface area (Å²) in [7, 11) is 1.66. The fourth-order valence-electron chi connectivity index (χ4n) is 3.60. The number of nitrogens with zero attached hydrogens (tertiary/aromatic N) is 1. The van der Waals surface area contributed by atoms with Gasteiger partial charge in [-0.05, 0) is 60.6 Å². The third kappa shape index (κ3) is 5.86. The zero-order valence-electron chi connectivity index (χ0n) is 16.5. The summed E-state index contributed by atoms with van der Waals surface area (Å²) in [5, 5.41) is 0. The molecule has 1 aliphatic carbocycles. The Balaban J connectivity index is 1.50. The molecule has 0 spiro atoms. The molecular formula is C23H25F2NO3. The van der Waals surface area contributed by atoms with Crippen LogP contribution in [0.25, 0.3) is 0 Å². The minimum atomic E-state index is -2.86. The summed E-state index contributed by atoms with van der Waals surface area (Å²) in [6, 6.07) is 12.0. The number of aryl methyl sites for hydroxylation is 2. The van der Waals surface area contributed by atoms with Gasteiger partial charge in [-0.1, -0.05) is 24.3 Å². The minimum Gasteiger partial charge on any atom is -0.435 e. The molecule has 29 heavy (non-hydrogen) atoms. The van der Waals surface area contributed by atoms with Gasteiger partial charge in [-0.15, -0.1) is 0 Å². The van der Waals surface area contributed by atoms with Crippen molar-refractivity contribution in [2.24, 2.45) is 0 Å². The van der Waals surface area contributed by atoms with Crippen molar-refractivity contribution < 1.29 is 23.1 Å². The summed E-state index contributed by atoms with van der Waals surface area (Å²) in [6.07, 6.45) is 4.75. The number of ketones is 1. The van der Waals surface area contributed by atoms with Crippen molar-refractivity contribution in [1.82, 2.24) is 4.90 Å². The van der Waals surface area contributed by atoms with Gasteiger partial charge in [-0.2, -0.15) is 8.78 Å². The van der Waals surface area contributed by atoms with Gasteiger partial charge in [0.2, 0.25) is 5.91 Å².